The number of hydrogen-bond donors (Lipinski definition) is 1. The van der Waals surface area contributed by atoms with Gasteiger partial charge in [-0.3, -0.25) is 0 Å². The zero-order valence-corrected chi connectivity index (χ0v) is 17.2. The van der Waals surface area contributed by atoms with Gasteiger partial charge >= 0.3 is 6.09 Å². The van der Waals surface area contributed by atoms with E-state index in [1.807, 2.05) is 32.9 Å². The summed E-state index contributed by atoms with van der Waals surface area (Å²) < 4.78 is 32.8. The van der Waals surface area contributed by atoms with Crippen molar-refractivity contribution < 1.29 is 17.9 Å². The molecule has 0 unspecified atom stereocenters. The largest absolute Gasteiger partial charge is 0.444 e. The fourth-order valence-corrected chi connectivity index (χ4v) is 4.46. The second-order valence-electron chi connectivity index (χ2n) is 7.20. The van der Waals surface area contributed by atoms with Gasteiger partial charge in [0.05, 0.1) is 5.75 Å². The molecule has 0 saturated carbocycles. The monoisotopic (exact) mass is 432 g/mol. The van der Waals surface area contributed by atoms with Crippen molar-refractivity contribution >= 4 is 32.0 Å². The number of alkyl carbamates (subject to hydrolysis) is 1. The number of benzene rings is 1. The Balaban J connectivity index is 1.86. The first kappa shape index (κ1) is 20.2. The predicted octanol–water partition coefficient (Wildman–Crippen LogP) is 3.27. The summed E-state index contributed by atoms with van der Waals surface area (Å²) in [5.41, 5.74) is 0.218. The number of ether oxygens (including phenoxy) is 1. The van der Waals surface area contributed by atoms with Gasteiger partial charge in [0.2, 0.25) is 10.0 Å². The summed E-state index contributed by atoms with van der Waals surface area (Å²) in [6, 6.07) is 7.22. The number of rotatable bonds is 4. The first-order chi connectivity index (χ1) is 11.5. The summed E-state index contributed by atoms with van der Waals surface area (Å²) in [5.74, 6) is -0.00948. The molecule has 0 radical (unpaired) electrons. The molecule has 1 aromatic rings. The predicted molar refractivity (Wildman–Crippen MR) is 101 cm³/mol. The molecule has 140 valence electrons. The Labute approximate surface area is 158 Å². The van der Waals surface area contributed by atoms with Crippen LogP contribution >= 0.6 is 15.9 Å². The maximum Gasteiger partial charge on any atom is 0.407 e. The van der Waals surface area contributed by atoms with Crippen LogP contribution in [0.3, 0.4) is 0 Å². The first-order valence-corrected chi connectivity index (χ1v) is 10.7. The number of hydrogen-bond acceptors (Lipinski definition) is 4. The maximum absolute atomic E-state index is 12.6. The van der Waals surface area contributed by atoms with Gasteiger partial charge in [-0.25, -0.2) is 17.5 Å². The molecule has 1 fully saturated rings. The van der Waals surface area contributed by atoms with Crippen molar-refractivity contribution in [3.8, 4) is 0 Å². The highest BCUT2D eigenvalue weighted by atomic mass is 79.9. The van der Waals surface area contributed by atoms with Crippen LogP contribution in [0.1, 0.15) is 39.2 Å². The molecule has 0 spiro atoms. The van der Waals surface area contributed by atoms with E-state index in [-0.39, 0.29) is 11.8 Å². The minimum atomic E-state index is -3.36. The number of nitrogens with zero attached hydrogens (tertiary/aromatic N) is 1. The highest BCUT2D eigenvalue weighted by Crippen LogP contribution is 2.19. The van der Waals surface area contributed by atoms with Crippen molar-refractivity contribution in [1.29, 1.82) is 0 Å². The fourth-order valence-electron chi connectivity index (χ4n) is 2.64. The van der Waals surface area contributed by atoms with Gasteiger partial charge in [0.1, 0.15) is 5.60 Å². The Bertz CT molecular complexity index is 690. The Hall–Kier alpha value is -1.12. The van der Waals surface area contributed by atoms with Crippen LogP contribution in [0.5, 0.6) is 0 Å². The number of nitrogens with one attached hydrogen (secondary N) is 1. The molecule has 8 heteroatoms. The molecule has 1 aliphatic rings. The fraction of sp³-hybridized carbons (Fsp3) is 0.588. The lowest BCUT2D eigenvalue weighted by Crippen LogP contribution is -2.47. The topological polar surface area (TPSA) is 75.7 Å². The van der Waals surface area contributed by atoms with Crippen LogP contribution in [-0.2, 0) is 20.5 Å². The molecular formula is C17H25BrN2O4S. The van der Waals surface area contributed by atoms with Crippen molar-refractivity contribution in [2.24, 2.45) is 0 Å². The number of carbonyl (C=O) groups excluding carboxylic acids is 1. The van der Waals surface area contributed by atoms with Gasteiger partial charge in [-0.15, -0.1) is 0 Å². The van der Waals surface area contributed by atoms with Gasteiger partial charge in [0.25, 0.3) is 0 Å². The molecule has 0 aromatic heterocycles. The zero-order valence-electron chi connectivity index (χ0n) is 14.8. The average Bonchev–Trinajstić information content (AvgIpc) is 2.48. The lowest BCUT2D eigenvalue weighted by Gasteiger charge is -2.32. The van der Waals surface area contributed by atoms with Crippen LogP contribution in [0.4, 0.5) is 4.79 Å². The van der Waals surface area contributed by atoms with E-state index in [9.17, 15) is 13.2 Å². The third kappa shape index (κ3) is 6.60. The summed E-state index contributed by atoms with van der Waals surface area (Å²) in [4.78, 5) is 11.8. The van der Waals surface area contributed by atoms with Gasteiger partial charge < -0.3 is 10.1 Å². The summed E-state index contributed by atoms with van der Waals surface area (Å²) in [6.45, 7) is 6.23. The molecule has 1 N–H and O–H groups in total. The molecule has 0 aliphatic carbocycles. The van der Waals surface area contributed by atoms with Gasteiger partial charge in [0, 0.05) is 23.6 Å². The van der Waals surface area contributed by atoms with Gasteiger partial charge in [-0.2, -0.15) is 0 Å². The van der Waals surface area contributed by atoms with E-state index < -0.39 is 21.7 Å². The Morgan fingerprint density at radius 3 is 2.32 bits per heavy atom. The molecule has 1 saturated heterocycles. The van der Waals surface area contributed by atoms with E-state index >= 15 is 0 Å². The van der Waals surface area contributed by atoms with E-state index in [4.69, 9.17) is 4.74 Å². The molecule has 1 amide bonds. The van der Waals surface area contributed by atoms with Crippen LogP contribution < -0.4 is 5.32 Å². The van der Waals surface area contributed by atoms with Crippen LogP contribution in [0, 0.1) is 0 Å². The van der Waals surface area contributed by atoms with Crippen molar-refractivity contribution in [3.05, 3.63) is 34.3 Å². The average molecular weight is 433 g/mol. The van der Waals surface area contributed by atoms with Crippen LogP contribution in [-0.4, -0.2) is 43.5 Å². The second-order valence-corrected chi connectivity index (χ2v) is 10.1. The lowest BCUT2D eigenvalue weighted by atomic mass is 10.1. The van der Waals surface area contributed by atoms with E-state index in [1.54, 1.807) is 12.1 Å². The lowest BCUT2D eigenvalue weighted by molar-refractivity contribution is 0.0489. The van der Waals surface area contributed by atoms with Gasteiger partial charge in [-0.05, 0) is 51.3 Å². The quantitative estimate of drug-likeness (QED) is 0.791. The van der Waals surface area contributed by atoms with Crippen molar-refractivity contribution in [3.63, 3.8) is 0 Å². The van der Waals surface area contributed by atoms with Crippen molar-refractivity contribution in [2.45, 2.75) is 51.0 Å². The summed E-state index contributed by atoms with van der Waals surface area (Å²) in [6.07, 6.45) is 0.709. The number of piperidine rings is 1. The molecule has 25 heavy (non-hydrogen) atoms. The van der Waals surface area contributed by atoms with E-state index in [1.165, 1.54) is 4.31 Å². The van der Waals surface area contributed by atoms with E-state index in [0.29, 0.717) is 25.9 Å². The number of amides is 1. The summed E-state index contributed by atoms with van der Waals surface area (Å²) >= 11 is 3.34. The third-order valence-corrected chi connectivity index (χ3v) is 6.21. The maximum atomic E-state index is 12.6. The molecule has 1 aliphatic heterocycles. The molecule has 0 bridgehead atoms. The second kappa shape index (κ2) is 8.05. The normalized spacial score (nSPS) is 17.3. The zero-order chi connectivity index (χ0) is 18.7. The minimum absolute atomic E-state index is 0.00948. The standard InChI is InChI=1S/C17H25BrN2O4S/c1-17(2,3)24-16(21)19-15-8-10-20(11-9-15)25(22,23)12-13-4-6-14(18)7-5-13/h4-7,15H,8-12H2,1-3H3,(H,19,21). The number of sulfonamides is 1. The Morgan fingerprint density at radius 2 is 1.80 bits per heavy atom. The number of halogens is 1. The first-order valence-electron chi connectivity index (χ1n) is 8.27. The molecular weight excluding hydrogens is 408 g/mol. The van der Waals surface area contributed by atoms with Crippen molar-refractivity contribution in [1.82, 2.24) is 9.62 Å². The molecule has 6 nitrogen and oxygen atoms in total. The van der Waals surface area contributed by atoms with Crippen LogP contribution in [0.25, 0.3) is 0 Å². The SMILES string of the molecule is CC(C)(C)OC(=O)NC1CCN(S(=O)(=O)Cc2ccc(Br)cc2)CC1. The van der Waals surface area contributed by atoms with E-state index in [2.05, 4.69) is 21.2 Å². The van der Waals surface area contributed by atoms with Crippen LogP contribution in [0.15, 0.2) is 28.7 Å². The highest BCUT2D eigenvalue weighted by Gasteiger charge is 2.29. The minimum Gasteiger partial charge on any atom is -0.444 e. The van der Waals surface area contributed by atoms with Gasteiger partial charge in [0.15, 0.2) is 0 Å². The molecule has 1 aromatic carbocycles. The van der Waals surface area contributed by atoms with Crippen molar-refractivity contribution in [2.75, 3.05) is 13.1 Å². The highest BCUT2D eigenvalue weighted by molar-refractivity contribution is 9.10. The molecule has 2 rings (SSSR count). The molecule has 1 heterocycles. The Kier molecular flexibility index (Phi) is 6.51. The summed E-state index contributed by atoms with van der Waals surface area (Å²) in [5, 5.41) is 2.82. The number of carbonyl (C=O) groups is 1. The third-order valence-electron chi connectivity index (χ3n) is 3.83. The van der Waals surface area contributed by atoms with Crippen LogP contribution in [0.2, 0.25) is 0 Å². The molecule has 0 atom stereocenters. The van der Waals surface area contributed by atoms with Gasteiger partial charge in [-0.1, -0.05) is 28.1 Å². The summed E-state index contributed by atoms with van der Waals surface area (Å²) in [7, 11) is -3.36. The van der Waals surface area contributed by atoms with E-state index in [0.717, 1.165) is 10.0 Å². The smallest absolute Gasteiger partial charge is 0.407 e. The Morgan fingerprint density at radius 1 is 1.24 bits per heavy atom.